The molecular formula is C18H24N4O. The minimum absolute atomic E-state index is 0.132. The SMILES string of the molecule is CCCN(CCC)c1ccc(C(=O)NCc2ccccn2)cn1. The average molecular weight is 312 g/mol. The summed E-state index contributed by atoms with van der Waals surface area (Å²) in [7, 11) is 0. The molecule has 0 aromatic carbocycles. The molecule has 2 aromatic rings. The highest BCUT2D eigenvalue weighted by Crippen LogP contribution is 2.12. The van der Waals surface area contributed by atoms with E-state index in [2.05, 4.69) is 34.0 Å². The van der Waals surface area contributed by atoms with Gasteiger partial charge in [0.15, 0.2) is 0 Å². The normalized spacial score (nSPS) is 10.3. The predicted molar refractivity (Wildman–Crippen MR) is 92.4 cm³/mol. The Morgan fingerprint density at radius 3 is 2.43 bits per heavy atom. The predicted octanol–water partition coefficient (Wildman–Crippen LogP) is 3.03. The second kappa shape index (κ2) is 8.88. The number of nitrogens with one attached hydrogen (secondary N) is 1. The van der Waals surface area contributed by atoms with Crippen molar-refractivity contribution in [3.8, 4) is 0 Å². The summed E-state index contributed by atoms with van der Waals surface area (Å²) in [5, 5.41) is 2.86. The van der Waals surface area contributed by atoms with Crippen LogP contribution in [0.5, 0.6) is 0 Å². The summed E-state index contributed by atoms with van der Waals surface area (Å²) in [5.74, 6) is 0.794. The highest BCUT2D eigenvalue weighted by molar-refractivity contribution is 5.93. The van der Waals surface area contributed by atoms with E-state index in [9.17, 15) is 4.79 Å². The number of carbonyl (C=O) groups is 1. The monoisotopic (exact) mass is 312 g/mol. The van der Waals surface area contributed by atoms with Gasteiger partial charge in [0, 0.05) is 25.5 Å². The van der Waals surface area contributed by atoms with Crippen LogP contribution in [0.15, 0.2) is 42.7 Å². The number of rotatable bonds is 8. The van der Waals surface area contributed by atoms with Gasteiger partial charge in [-0.2, -0.15) is 0 Å². The van der Waals surface area contributed by atoms with E-state index < -0.39 is 0 Å². The molecule has 0 fully saturated rings. The Kier molecular flexibility index (Phi) is 6.54. The Labute approximate surface area is 137 Å². The smallest absolute Gasteiger partial charge is 0.253 e. The van der Waals surface area contributed by atoms with E-state index in [1.54, 1.807) is 12.4 Å². The largest absolute Gasteiger partial charge is 0.357 e. The van der Waals surface area contributed by atoms with Gasteiger partial charge in [-0.3, -0.25) is 9.78 Å². The molecule has 2 rings (SSSR count). The maximum atomic E-state index is 12.2. The number of hydrogen-bond acceptors (Lipinski definition) is 4. The van der Waals surface area contributed by atoms with Gasteiger partial charge in [0.05, 0.1) is 17.8 Å². The highest BCUT2D eigenvalue weighted by Gasteiger charge is 2.09. The zero-order valence-electron chi connectivity index (χ0n) is 13.8. The topological polar surface area (TPSA) is 58.1 Å². The molecule has 0 aliphatic heterocycles. The maximum absolute atomic E-state index is 12.2. The van der Waals surface area contributed by atoms with Crippen molar-refractivity contribution >= 4 is 11.7 Å². The molecule has 0 unspecified atom stereocenters. The molecule has 1 N–H and O–H groups in total. The fourth-order valence-corrected chi connectivity index (χ4v) is 2.36. The number of pyridine rings is 2. The van der Waals surface area contributed by atoms with E-state index in [4.69, 9.17) is 0 Å². The van der Waals surface area contributed by atoms with Crippen LogP contribution in [0.3, 0.4) is 0 Å². The summed E-state index contributed by atoms with van der Waals surface area (Å²) >= 11 is 0. The zero-order chi connectivity index (χ0) is 16.5. The Balaban J connectivity index is 1.96. The number of aromatic nitrogens is 2. The second-order valence-corrected chi connectivity index (χ2v) is 5.40. The molecule has 0 radical (unpaired) electrons. The van der Waals surface area contributed by atoms with Crippen molar-refractivity contribution < 1.29 is 4.79 Å². The first-order valence-corrected chi connectivity index (χ1v) is 8.13. The number of amides is 1. The van der Waals surface area contributed by atoms with E-state index in [0.717, 1.165) is 37.4 Å². The van der Waals surface area contributed by atoms with E-state index in [1.165, 1.54) is 0 Å². The lowest BCUT2D eigenvalue weighted by Crippen LogP contribution is -2.26. The van der Waals surface area contributed by atoms with Gasteiger partial charge >= 0.3 is 0 Å². The highest BCUT2D eigenvalue weighted by atomic mass is 16.1. The van der Waals surface area contributed by atoms with Crippen molar-refractivity contribution in [3.05, 3.63) is 54.0 Å². The number of anilines is 1. The van der Waals surface area contributed by atoms with Crippen LogP contribution in [-0.4, -0.2) is 29.0 Å². The van der Waals surface area contributed by atoms with Crippen LogP contribution in [0.4, 0.5) is 5.82 Å². The third-order valence-electron chi connectivity index (χ3n) is 3.48. The molecule has 0 saturated heterocycles. The molecule has 1 amide bonds. The maximum Gasteiger partial charge on any atom is 0.253 e. The summed E-state index contributed by atoms with van der Waals surface area (Å²) in [6, 6.07) is 9.39. The molecule has 5 nitrogen and oxygen atoms in total. The van der Waals surface area contributed by atoms with Gasteiger partial charge in [0.25, 0.3) is 5.91 Å². The summed E-state index contributed by atoms with van der Waals surface area (Å²) in [6.07, 6.45) is 5.51. The molecule has 0 atom stereocenters. The molecule has 0 aliphatic carbocycles. The molecule has 0 saturated carbocycles. The van der Waals surface area contributed by atoms with Crippen LogP contribution in [0.25, 0.3) is 0 Å². The number of nitrogens with zero attached hydrogens (tertiary/aromatic N) is 3. The summed E-state index contributed by atoms with van der Waals surface area (Å²) < 4.78 is 0. The lowest BCUT2D eigenvalue weighted by molar-refractivity contribution is 0.0950. The van der Waals surface area contributed by atoms with E-state index >= 15 is 0 Å². The van der Waals surface area contributed by atoms with Gasteiger partial charge in [0.1, 0.15) is 5.82 Å². The quantitative estimate of drug-likeness (QED) is 0.814. The molecule has 5 heteroatoms. The molecule has 2 aromatic heterocycles. The molecule has 2 heterocycles. The van der Waals surface area contributed by atoms with Gasteiger partial charge in [-0.25, -0.2) is 4.98 Å². The van der Waals surface area contributed by atoms with E-state index in [1.807, 2.05) is 30.3 Å². The summed E-state index contributed by atoms with van der Waals surface area (Å²) in [6.45, 7) is 6.68. The lowest BCUT2D eigenvalue weighted by atomic mass is 10.2. The van der Waals surface area contributed by atoms with Gasteiger partial charge < -0.3 is 10.2 Å². The Bertz CT molecular complexity index is 592. The Morgan fingerprint density at radius 2 is 1.87 bits per heavy atom. The van der Waals surface area contributed by atoms with Crippen LogP contribution in [-0.2, 0) is 6.54 Å². The standard InChI is InChI=1S/C18H24N4O/c1-3-11-22(12-4-2)17-9-8-15(13-20-17)18(23)21-14-16-7-5-6-10-19-16/h5-10,13H,3-4,11-12,14H2,1-2H3,(H,21,23). The average Bonchev–Trinajstić information content (AvgIpc) is 2.60. The van der Waals surface area contributed by atoms with Gasteiger partial charge in [-0.05, 0) is 37.1 Å². The Hall–Kier alpha value is -2.43. The second-order valence-electron chi connectivity index (χ2n) is 5.40. The van der Waals surface area contributed by atoms with Crippen LogP contribution < -0.4 is 10.2 Å². The first-order chi connectivity index (χ1) is 11.2. The van der Waals surface area contributed by atoms with Crippen LogP contribution in [0.2, 0.25) is 0 Å². The molecule has 122 valence electrons. The molecule has 0 spiro atoms. The molecule has 0 aliphatic rings. The lowest BCUT2D eigenvalue weighted by Gasteiger charge is -2.22. The summed E-state index contributed by atoms with van der Waals surface area (Å²) in [4.78, 5) is 23.0. The fourth-order valence-electron chi connectivity index (χ4n) is 2.36. The molecule has 0 bridgehead atoms. The minimum Gasteiger partial charge on any atom is -0.357 e. The van der Waals surface area contributed by atoms with Gasteiger partial charge in [-0.1, -0.05) is 19.9 Å². The van der Waals surface area contributed by atoms with Gasteiger partial charge in [0.2, 0.25) is 0 Å². The first kappa shape index (κ1) is 16.9. The molecule has 23 heavy (non-hydrogen) atoms. The van der Waals surface area contributed by atoms with Crippen molar-refractivity contribution in [3.63, 3.8) is 0 Å². The van der Waals surface area contributed by atoms with Crippen LogP contribution in [0, 0.1) is 0 Å². The summed E-state index contributed by atoms with van der Waals surface area (Å²) in [5.41, 5.74) is 1.40. The van der Waals surface area contributed by atoms with Crippen molar-refractivity contribution in [2.24, 2.45) is 0 Å². The van der Waals surface area contributed by atoms with Crippen LogP contribution in [0.1, 0.15) is 42.7 Å². The first-order valence-electron chi connectivity index (χ1n) is 8.13. The Morgan fingerprint density at radius 1 is 1.09 bits per heavy atom. The van der Waals surface area contributed by atoms with E-state index in [-0.39, 0.29) is 5.91 Å². The molecular weight excluding hydrogens is 288 g/mol. The number of carbonyl (C=O) groups excluding carboxylic acids is 1. The van der Waals surface area contributed by atoms with Crippen molar-refractivity contribution in [1.82, 2.24) is 15.3 Å². The van der Waals surface area contributed by atoms with E-state index in [0.29, 0.717) is 12.1 Å². The minimum atomic E-state index is -0.132. The third kappa shape index (κ3) is 5.06. The van der Waals surface area contributed by atoms with Crippen molar-refractivity contribution in [2.45, 2.75) is 33.2 Å². The van der Waals surface area contributed by atoms with Gasteiger partial charge in [-0.15, -0.1) is 0 Å². The van der Waals surface area contributed by atoms with Crippen LogP contribution >= 0.6 is 0 Å². The zero-order valence-corrected chi connectivity index (χ0v) is 13.8. The fraction of sp³-hybridized carbons (Fsp3) is 0.389. The third-order valence-corrected chi connectivity index (χ3v) is 3.48. The van der Waals surface area contributed by atoms with Crippen molar-refractivity contribution in [1.29, 1.82) is 0 Å². The van der Waals surface area contributed by atoms with Crippen molar-refractivity contribution in [2.75, 3.05) is 18.0 Å². The number of hydrogen-bond donors (Lipinski definition) is 1.